The fourth-order valence-electron chi connectivity index (χ4n) is 7.88. The van der Waals surface area contributed by atoms with Gasteiger partial charge >= 0.3 is 0 Å². The average Bonchev–Trinajstić information content (AvgIpc) is 3.90. The highest BCUT2D eigenvalue weighted by Crippen LogP contribution is 2.49. The Hall–Kier alpha value is -6.20. The Bertz CT molecular complexity index is 3110. The number of furan rings is 1. The topological polar surface area (TPSA) is 16.4 Å². The molecule has 0 atom stereocenters. The van der Waals surface area contributed by atoms with Crippen LogP contribution in [0.3, 0.4) is 0 Å². The number of nitrogens with zero attached hydrogens (tertiary/aromatic N) is 1. The van der Waals surface area contributed by atoms with E-state index >= 15 is 0 Å². The molecule has 0 saturated heterocycles. The third kappa shape index (κ3) is 4.55. The molecule has 0 aliphatic heterocycles. The molecule has 0 radical (unpaired) electrons. The summed E-state index contributed by atoms with van der Waals surface area (Å²) in [5.74, 6) is 0. The van der Waals surface area contributed by atoms with Crippen molar-refractivity contribution in [3.63, 3.8) is 0 Å². The molecular weight excluding hydrogens is 671 g/mol. The standard InChI is InChI=1S/C48H29NOS2/c1-2-10-30(11-3-1)31-20-24-33(25-21-31)49(34-26-22-32(23-27-34)35-14-8-15-39-37-13-5-7-18-42(37)52-48(35)39)40-16-9-19-43-45(40)46-44(51-43)29-28-38-36-12-4-6-17-41(36)50-47(38)46/h1-29H. The quantitative estimate of drug-likeness (QED) is 0.178. The maximum Gasteiger partial charge on any atom is 0.144 e. The van der Waals surface area contributed by atoms with E-state index in [0.717, 1.165) is 39.0 Å². The summed E-state index contributed by atoms with van der Waals surface area (Å²) in [5, 5.41) is 7.31. The molecule has 0 N–H and O–H groups in total. The van der Waals surface area contributed by atoms with Crippen molar-refractivity contribution in [1.29, 1.82) is 0 Å². The molecule has 0 aliphatic carbocycles. The molecule has 0 amide bonds. The summed E-state index contributed by atoms with van der Waals surface area (Å²) in [7, 11) is 0. The Balaban J connectivity index is 1.12. The number of hydrogen-bond donors (Lipinski definition) is 0. The number of hydrogen-bond acceptors (Lipinski definition) is 4. The summed E-state index contributed by atoms with van der Waals surface area (Å²) < 4.78 is 11.8. The molecule has 11 aromatic rings. The van der Waals surface area contributed by atoms with Gasteiger partial charge in [0.05, 0.1) is 5.69 Å². The van der Waals surface area contributed by atoms with Crippen molar-refractivity contribution >= 4 is 102 Å². The molecule has 0 aliphatic rings. The van der Waals surface area contributed by atoms with Gasteiger partial charge in [-0.05, 0) is 82.9 Å². The van der Waals surface area contributed by atoms with Crippen molar-refractivity contribution in [2.75, 3.05) is 4.90 Å². The number of para-hydroxylation sites is 1. The van der Waals surface area contributed by atoms with Gasteiger partial charge in [0.15, 0.2) is 0 Å². The first kappa shape index (κ1) is 29.5. The van der Waals surface area contributed by atoms with E-state index in [4.69, 9.17) is 4.42 Å². The van der Waals surface area contributed by atoms with Crippen LogP contribution in [0.15, 0.2) is 180 Å². The highest BCUT2D eigenvalue weighted by atomic mass is 32.1. The number of benzene rings is 8. The zero-order valence-electron chi connectivity index (χ0n) is 27.9. The molecule has 0 unspecified atom stereocenters. The van der Waals surface area contributed by atoms with Crippen molar-refractivity contribution in [2.45, 2.75) is 0 Å². The van der Waals surface area contributed by atoms with Crippen LogP contribution < -0.4 is 4.90 Å². The lowest BCUT2D eigenvalue weighted by atomic mass is 10.0. The van der Waals surface area contributed by atoms with Gasteiger partial charge < -0.3 is 9.32 Å². The lowest BCUT2D eigenvalue weighted by Crippen LogP contribution is -2.10. The fourth-order valence-corrected chi connectivity index (χ4v) is 10.2. The van der Waals surface area contributed by atoms with Crippen LogP contribution in [0.2, 0.25) is 0 Å². The summed E-state index contributed by atoms with van der Waals surface area (Å²) in [6.45, 7) is 0. The van der Waals surface area contributed by atoms with Crippen molar-refractivity contribution in [2.24, 2.45) is 0 Å². The highest BCUT2D eigenvalue weighted by Gasteiger charge is 2.22. The van der Waals surface area contributed by atoms with Crippen LogP contribution in [0.4, 0.5) is 17.1 Å². The summed E-state index contributed by atoms with van der Waals surface area (Å²) in [4.78, 5) is 2.41. The fraction of sp³-hybridized carbons (Fsp3) is 0. The zero-order chi connectivity index (χ0) is 34.2. The van der Waals surface area contributed by atoms with Gasteiger partial charge in [-0.15, -0.1) is 22.7 Å². The summed E-state index contributed by atoms with van der Waals surface area (Å²) >= 11 is 3.70. The average molecular weight is 700 g/mol. The Morgan fingerprint density at radius 2 is 1.02 bits per heavy atom. The Labute approximate surface area is 308 Å². The van der Waals surface area contributed by atoms with Crippen LogP contribution >= 0.6 is 22.7 Å². The third-order valence-corrected chi connectivity index (χ3v) is 12.6. The van der Waals surface area contributed by atoms with E-state index in [2.05, 4.69) is 175 Å². The van der Waals surface area contributed by atoms with E-state index in [1.54, 1.807) is 0 Å². The Morgan fingerprint density at radius 1 is 0.385 bits per heavy atom. The first-order valence-corrected chi connectivity index (χ1v) is 19.1. The van der Waals surface area contributed by atoms with Crippen molar-refractivity contribution in [3.05, 3.63) is 176 Å². The highest BCUT2D eigenvalue weighted by molar-refractivity contribution is 7.26. The van der Waals surface area contributed by atoms with Crippen molar-refractivity contribution < 1.29 is 4.42 Å². The van der Waals surface area contributed by atoms with Gasteiger partial charge in [0.25, 0.3) is 0 Å². The van der Waals surface area contributed by atoms with E-state index in [-0.39, 0.29) is 0 Å². The van der Waals surface area contributed by atoms with Gasteiger partial charge in [-0.25, -0.2) is 0 Å². The van der Waals surface area contributed by atoms with Crippen LogP contribution in [0.1, 0.15) is 0 Å². The molecule has 8 aromatic carbocycles. The normalized spacial score (nSPS) is 11.8. The molecule has 2 nitrogen and oxygen atoms in total. The second-order valence-electron chi connectivity index (χ2n) is 13.2. The maximum absolute atomic E-state index is 6.65. The van der Waals surface area contributed by atoms with Crippen LogP contribution in [0.5, 0.6) is 0 Å². The SMILES string of the molecule is c1ccc(-c2ccc(N(c3ccc(-c4cccc5c4sc4ccccc45)cc3)c3cccc4sc5ccc6c7ccccc7oc6c5c34)cc2)cc1. The van der Waals surface area contributed by atoms with E-state index < -0.39 is 0 Å². The largest absolute Gasteiger partial charge is 0.455 e. The Morgan fingerprint density at radius 3 is 1.85 bits per heavy atom. The van der Waals surface area contributed by atoms with Gasteiger partial charge in [-0.1, -0.05) is 115 Å². The number of fused-ring (bicyclic) bond motifs is 10. The zero-order valence-corrected chi connectivity index (χ0v) is 29.5. The van der Waals surface area contributed by atoms with Crippen LogP contribution in [0, 0.1) is 0 Å². The predicted octanol–water partition coefficient (Wildman–Crippen LogP) is 15.1. The van der Waals surface area contributed by atoms with Gasteiger partial charge in [0.1, 0.15) is 11.2 Å². The molecule has 52 heavy (non-hydrogen) atoms. The number of thiophene rings is 2. The molecule has 0 spiro atoms. The van der Waals surface area contributed by atoms with E-state index in [1.165, 1.54) is 62.6 Å². The molecule has 3 aromatic heterocycles. The minimum atomic E-state index is 0.916. The minimum Gasteiger partial charge on any atom is -0.455 e. The monoisotopic (exact) mass is 699 g/mol. The molecular formula is C48H29NOS2. The van der Waals surface area contributed by atoms with Gasteiger partial charge in [0.2, 0.25) is 0 Å². The minimum absolute atomic E-state index is 0.916. The Kier molecular flexibility index (Phi) is 6.63. The predicted molar refractivity (Wildman–Crippen MR) is 225 cm³/mol. The number of anilines is 3. The first-order valence-electron chi connectivity index (χ1n) is 17.5. The summed E-state index contributed by atoms with van der Waals surface area (Å²) in [6.07, 6.45) is 0. The summed E-state index contributed by atoms with van der Waals surface area (Å²) in [6, 6.07) is 63.6. The molecule has 0 saturated carbocycles. The smallest absolute Gasteiger partial charge is 0.144 e. The molecule has 244 valence electrons. The molecule has 3 heterocycles. The van der Waals surface area contributed by atoms with E-state index in [1.807, 2.05) is 28.7 Å². The first-order chi connectivity index (χ1) is 25.8. The maximum atomic E-state index is 6.65. The van der Waals surface area contributed by atoms with Crippen LogP contribution in [0.25, 0.3) is 84.5 Å². The molecule has 11 rings (SSSR count). The van der Waals surface area contributed by atoms with E-state index in [0.29, 0.717) is 0 Å². The molecule has 0 bridgehead atoms. The van der Waals surface area contributed by atoms with E-state index in [9.17, 15) is 0 Å². The molecule has 0 fully saturated rings. The van der Waals surface area contributed by atoms with Gasteiger partial charge in [-0.3, -0.25) is 0 Å². The van der Waals surface area contributed by atoms with Gasteiger partial charge in [0, 0.05) is 62.5 Å². The van der Waals surface area contributed by atoms with Crippen LogP contribution in [-0.4, -0.2) is 0 Å². The third-order valence-electron chi connectivity index (χ3n) is 10.3. The summed E-state index contributed by atoms with van der Waals surface area (Å²) in [5.41, 5.74) is 10.1. The van der Waals surface area contributed by atoms with Crippen molar-refractivity contribution in [1.82, 2.24) is 0 Å². The van der Waals surface area contributed by atoms with Gasteiger partial charge in [-0.2, -0.15) is 0 Å². The lowest BCUT2D eigenvalue weighted by Gasteiger charge is -2.27. The van der Waals surface area contributed by atoms with Crippen LogP contribution in [-0.2, 0) is 0 Å². The van der Waals surface area contributed by atoms with Crippen molar-refractivity contribution in [3.8, 4) is 22.3 Å². The lowest BCUT2D eigenvalue weighted by molar-refractivity contribution is 0.673. The number of rotatable bonds is 5. The second kappa shape index (κ2) is 11.7. The molecule has 4 heteroatoms. The second-order valence-corrected chi connectivity index (χ2v) is 15.4.